The highest BCUT2D eigenvalue weighted by atomic mass is 19.1. The van der Waals surface area contributed by atoms with Gasteiger partial charge in [0.25, 0.3) is 0 Å². The number of benzene rings is 1. The van der Waals surface area contributed by atoms with Gasteiger partial charge in [-0.05, 0) is 43.6 Å². The molecule has 2 atom stereocenters. The molecule has 1 saturated heterocycles. The van der Waals surface area contributed by atoms with Gasteiger partial charge in [0.2, 0.25) is 0 Å². The molecule has 1 fully saturated rings. The van der Waals surface area contributed by atoms with Crippen molar-refractivity contribution in [1.82, 2.24) is 4.90 Å². The fourth-order valence-electron chi connectivity index (χ4n) is 2.73. The van der Waals surface area contributed by atoms with E-state index in [-0.39, 0.29) is 5.82 Å². The maximum Gasteiger partial charge on any atom is 0.128 e. The van der Waals surface area contributed by atoms with E-state index in [0.29, 0.717) is 30.7 Å². The van der Waals surface area contributed by atoms with Crippen LogP contribution in [-0.2, 0) is 11.3 Å². The highest BCUT2D eigenvalue weighted by Crippen LogP contribution is 2.34. The van der Waals surface area contributed by atoms with Crippen molar-refractivity contribution in [2.45, 2.75) is 19.1 Å². The lowest BCUT2D eigenvalue weighted by Crippen LogP contribution is -2.20. The summed E-state index contributed by atoms with van der Waals surface area (Å²) in [5.74, 6) is 0.340. The molecule has 2 N–H and O–H groups in total. The van der Waals surface area contributed by atoms with E-state index in [2.05, 4.69) is 11.9 Å². The molecule has 18 heavy (non-hydrogen) atoms. The zero-order chi connectivity index (χ0) is 13.1. The van der Waals surface area contributed by atoms with Crippen LogP contribution in [0.3, 0.4) is 0 Å². The smallest absolute Gasteiger partial charge is 0.128 e. The van der Waals surface area contributed by atoms with E-state index in [4.69, 9.17) is 10.5 Å². The van der Waals surface area contributed by atoms with E-state index in [9.17, 15) is 4.39 Å². The van der Waals surface area contributed by atoms with Gasteiger partial charge in [0, 0.05) is 25.3 Å². The predicted octanol–water partition coefficient (Wildman–Crippen LogP) is 1.92. The van der Waals surface area contributed by atoms with Crippen molar-refractivity contribution in [3.63, 3.8) is 0 Å². The number of ether oxygens (including phenoxy) is 1. The maximum absolute atomic E-state index is 13.6. The molecule has 3 nitrogen and oxygen atoms in total. The van der Waals surface area contributed by atoms with Crippen LogP contribution < -0.4 is 5.73 Å². The van der Waals surface area contributed by atoms with Crippen molar-refractivity contribution in [2.75, 3.05) is 27.2 Å². The second kappa shape index (κ2) is 5.78. The fourth-order valence-corrected chi connectivity index (χ4v) is 2.73. The van der Waals surface area contributed by atoms with Crippen LogP contribution in [0, 0.1) is 11.7 Å². The lowest BCUT2D eigenvalue weighted by molar-refractivity contribution is 0.181. The van der Waals surface area contributed by atoms with Crippen LogP contribution in [0.1, 0.15) is 23.6 Å². The highest BCUT2D eigenvalue weighted by molar-refractivity contribution is 5.28. The summed E-state index contributed by atoms with van der Waals surface area (Å²) < 4.78 is 18.6. The Kier molecular flexibility index (Phi) is 4.32. The quantitative estimate of drug-likeness (QED) is 0.889. The molecule has 0 aromatic heterocycles. The molecule has 1 heterocycles. The van der Waals surface area contributed by atoms with Crippen LogP contribution >= 0.6 is 0 Å². The summed E-state index contributed by atoms with van der Waals surface area (Å²) >= 11 is 0. The van der Waals surface area contributed by atoms with Crippen LogP contribution in [0.25, 0.3) is 0 Å². The molecule has 0 bridgehead atoms. The van der Waals surface area contributed by atoms with Crippen LogP contribution in [-0.4, -0.2) is 32.1 Å². The highest BCUT2D eigenvalue weighted by Gasteiger charge is 2.29. The first-order valence-electron chi connectivity index (χ1n) is 6.33. The summed E-state index contributed by atoms with van der Waals surface area (Å²) in [6.45, 7) is 2.04. The largest absolute Gasteiger partial charge is 0.380 e. The van der Waals surface area contributed by atoms with E-state index >= 15 is 0 Å². The first-order chi connectivity index (χ1) is 8.65. The first kappa shape index (κ1) is 13.5. The van der Waals surface area contributed by atoms with Gasteiger partial charge in [0.05, 0.1) is 6.61 Å². The molecule has 100 valence electrons. The molecule has 4 heteroatoms. The monoisotopic (exact) mass is 252 g/mol. The first-order valence-corrected chi connectivity index (χ1v) is 6.33. The minimum absolute atomic E-state index is 0.198. The van der Waals surface area contributed by atoms with Gasteiger partial charge < -0.3 is 10.5 Å². The Morgan fingerprint density at radius 2 is 2.28 bits per heavy atom. The molecule has 1 aliphatic rings. The summed E-state index contributed by atoms with van der Waals surface area (Å²) in [4.78, 5) is 2.29. The van der Waals surface area contributed by atoms with Gasteiger partial charge in [-0.3, -0.25) is 4.90 Å². The minimum Gasteiger partial charge on any atom is -0.380 e. The Morgan fingerprint density at radius 1 is 1.50 bits per heavy atom. The van der Waals surface area contributed by atoms with Gasteiger partial charge >= 0.3 is 0 Å². The predicted molar refractivity (Wildman–Crippen MR) is 69.6 cm³/mol. The maximum atomic E-state index is 13.6. The number of nitrogens with two attached hydrogens (primary N) is 1. The Bertz CT molecular complexity index is 411. The topological polar surface area (TPSA) is 38.5 Å². The van der Waals surface area contributed by atoms with Gasteiger partial charge in [-0.1, -0.05) is 6.07 Å². The molecule has 2 rings (SSSR count). The Hall–Kier alpha value is -0.970. The van der Waals surface area contributed by atoms with Gasteiger partial charge in [-0.2, -0.15) is 0 Å². The van der Waals surface area contributed by atoms with Crippen molar-refractivity contribution in [2.24, 2.45) is 11.7 Å². The third kappa shape index (κ3) is 2.71. The molecule has 2 unspecified atom stereocenters. The van der Waals surface area contributed by atoms with Gasteiger partial charge in [-0.15, -0.1) is 0 Å². The number of rotatable bonds is 4. The normalized spacial score (nSPS) is 24.7. The molecule has 1 aromatic carbocycles. The molecular formula is C14H21FN2O. The van der Waals surface area contributed by atoms with E-state index in [1.165, 1.54) is 6.07 Å². The molecule has 0 radical (unpaired) electrons. The summed E-state index contributed by atoms with van der Waals surface area (Å²) in [6.07, 6.45) is 1.05. The second-order valence-electron chi connectivity index (χ2n) is 5.08. The van der Waals surface area contributed by atoms with E-state index in [0.717, 1.165) is 18.5 Å². The van der Waals surface area contributed by atoms with Crippen molar-refractivity contribution in [3.8, 4) is 0 Å². The van der Waals surface area contributed by atoms with Crippen LogP contribution in [0.2, 0.25) is 0 Å². The summed E-state index contributed by atoms with van der Waals surface area (Å²) in [5.41, 5.74) is 7.51. The molecular weight excluding hydrogens is 231 g/mol. The van der Waals surface area contributed by atoms with Crippen molar-refractivity contribution in [3.05, 3.63) is 35.1 Å². The molecule has 0 amide bonds. The van der Waals surface area contributed by atoms with Crippen molar-refractivity contribution >= 4 is 0 Å². The van der Waals surface area contributed by atoms with Gasteiger partial charge in [-0.25, -0.2) is 4.39 Å². The lowest BCUT2D eigenvalue weighted by atomic mass is 9.98. The van der Waals surface area contributed by atoms with Crippen molar-refractivity contribution in [1.29, 1.82) is 0 Å². The molecule has 0 aliphatic carbocycles. The summed E-state index contributed by atoms with van der Waals surface area (Å²) in [6, 6.07) is 5.66. The second-order valence-corrected chi connectivity index (χ2v) is 5.08. The molecule has 0 saturated carbocycles. The van der Waals surface area contributed by atoms with Crippen LogP contribution in [0.5, 0.6) is 0 Å². The Labute approximate surface area is 108 Å². The van der Waals surface area contributed by atoms with Crippen molar-refractivity contribution < 1.29 is 9.13 Å². The summed E-state index contributed by atoms with van der Waals surface area (Å²) in [7, 11) is 3.68. The number of nitrogens with zero attached hydrogens (tertiary/aromatic N) is 1. The average molecular weight is 252 g/mol. The van der Waals surface area contributed by atoms with Crippen LogP contribution in [0.4, 0.5) is 4.39 Å². The molecule has 0 spiro atoms. The number of halogens is 1. The SMILES string of the molecule is COCc1cc(C2CC(CN)CN2C)ccc1F. The van der Waals surface area contributed by atoms with Gasteiger partial charge in [0.15, 0.2) is 0 Å². The average Bonchev–Trinajstić information content (AvgIpc) is 2.74. The van der Waals surface area contributed by atoms with Crippen LogP contribution in [0.15, 0.2) is 18.2 Å². The van der Waals surface area contributed by atoms with E-state index in [1.807, 2.05) is 12.1 Å². The fraction of sp³-hybridized carbons (Fsp3) is 0.571. The number of hydrogen-bond donors (Lipinski definition) is 1. The lowest BCUT2D eigenvalue weighted by Gasteiger charge is -2.20. The Morgan fingerprint density at radius 3 is 2.89 bits per heavy atom. The number of likely N-dealkylation sites (tertiary alicyclic amines) is 1. The zero-order valence-corrected chi connectivity index (χ0v) is 11.0. The third-order valence-electron chi connectivity index (χ3n) is 3.72. The number of methoxy groups -OCH3 is 1. The minimum atomic E-state index is -0.198. The molecule has 1 aromatic rings. The molecule has 1 aliphatic heterocycles. The van der Waals surface area contributed by atoms with Gasteiger partial charge in [0.1, 0.15) is 5.82 Å². The zero-order valence-electron chi connectivity index (χ0n) is 11.0. The number of hydrogen-bond acceptors (Lipinski definition) is 3. The summed E-state index contributed by atoms with van der Waals surface area (Å²) in [5, 5.41) is 0. The van der Waals surface area contributed by atoms with E-state index in [1.54, 1.807) is 7.11 Å². The van der Waals surface area contributed by atoms with E-state index < -0.39 is 0 Å². The Balaban J connectivity index is 2.20. The third-order valence-corrected chi connectivity index (χ3v) is 3.72. The standard InChI is InChI=1S/C14H21FN2O/c1-17-8-10(7-16)5-14(17)11-3-4-13(15)12(6-11)9-18-2/h3-4,6,10,14H,5,7-9,16H2,1-2H3.